The van der Waals surface area contributed by atoms with Crippen molar-refractivity contribution < 1.29 is 9.50 Å². The van der Waals surface area contributed by atoms with Gasteiger partial charge < -0.3 is 15.3 Å². The van der Waals surface area contributed by atoms with Gasteiger partial charge in [0.1, 0.15) is 5.82 Å². The second-order valence-electron chi connectivity index (χ2n) is 6.03. The molecule has 3 nitrogen and oxygen atoms in total. The monoisotopic (exact) mass is 294 g/mol. The van der Waals surface area contributed by atoms with Crippen LogP contribution in [0.4, 0.5) is 10.1 Å². The van der Waals surface area contributed by atoms with E-state index in [0.29, 0.717) is 11.6 Å². The molecule has 0 spiro atoms. The fraction of sp³-hybridized carbons (Fsp3) is 0.647. The van der Waals surface area contributed by atoms with Crippen molar-refractivity contribution in [3.8, 4) is 0 Å². The fourth-order valence-electron chi connectivity index (χ4n) is 3.21. The number of nitrogens with one attached hydrogen (secondary N) is 1. The van der Waals surface area contributed by atoms with Crippen LogP contribution in [0, 0.1) is 12.7 Å². The molecule has 21 heavy (non-hydrogen) atoms. The van der Waals surface area contributed by atoms with Crippen LogP contribution in [0.15, 0.2) is 12.1 Å². The molecule has 2 rings (SSSR count). The first-order valence-corrected chi connectivity index (χ1v) is 7.93. The number of anilines is 1. The summed E-state index contributed by atoms with van der Waals surface area (Å²) in [5.41, 5.74) is 2.87. The zero-order valence-corrected chi connectivity index (χ0v) is 13.3. The highest BCUT2D eigenvalue weighted by Crippen LogP contribution is 2.35. The molecular formula is C17H27FN2O. The number of hydrogen-bond acceptors (Lipinski definition) is 3. The Hall–Kier alpha value is -1.13. The molecule has 4 heteroatoms. The van der Waals surface area contributed by atoms with Crippen molar-refractivity contribution >= 4 is 5.69 Å². The summed E-state index contributed by atoms with van der Waals surface area (Å²) in [5.74, 6) is -0.137. The molecule has 0 amide bonds. The van der Waals surface area contributed by atoms with Crippen LogP contribution in [0.2, 0.25) is 0 Å². The van der Waals surface area contributed by atoms with Gasteiger partial charge in [0.2, 0.25) is 0 Å². The van der Waals surface area contributed by atoms with E-state index in [1.807, 2.05) is 20.0 Å². The molecule has 0 bridgehead atoms. The molecule has 0 aliphatic carbocycles. The lowest BCUT2D eigenvalue weighted by Crippen LogP contribution is -2.31. The molecule has 1 aliphatic rings. The van der Waals surface area contributed by atoms with Crippen LogP contribution < -0.4 is 10.2 Å². The van der Waals surface area contributed by atoms with Crippen molar-refractivity contribution in [3.63, 3.8) is 0 Å². The van der Waals surface area contributed by atoms with Gasteiger partial charge in [-0.1, -0.05) is 0 Å². The van der Waals surface area contributed by atoms with Crippen LogP contribution in [0.3, 0.4) is 0 Å². The van der Waals surface area contributed by atoms with Crippen LogP contribution in [0.25, 0.3) is 0 Å². The molecule has 1 saturated heterocycles. The summed E-state index contributed by atoms with van der Waals surface area (Å²) in [5, 5.41) is 12.3. The number of aryl methyl sites for hydroxylation is 1. The minimum absolute atomic E-state index is 0.120. The summed E-state index contributed by atoms with van der Waals surface area (Å²) in [6, 6.07) is 4.24. The average Bonchev–Trinajstić information content (AvgIpc) is 2.94. The van der Waals surface area contributed by atoms with Gasteiger partial charge in [-0.2, -0.15) is 0 Å². The third-order valence-electron chi connectivity index (χ3n) is 4.59. The Bertz CT molecular complexity index is 478. The van der Waals surface area contributed by atoms with Crippen LogP contribution in [-0.2, 0) is 0 Å². The van der Waals surface area contributed by atoms with Gasteiger partial charge in [0.25, 0.3) is 0 Å². The lowest BCUT2D eigenvalue weighted by atomic mass is 10.0. The molecule has 2 unspecified atom stereocenters. The predicted molar refractivity (Wildman–Crippen MR) is 85.3 cm³/mol. The van der Waals surface area contributed by atoms with Gasteiger partial charge in [0.15, 0.2) is 0 Å². The molecule has 1 aromatic carbocycles. The van der Waals surface area contributed by atoms with E-state index in [9.17, 15) is 4.39 Å². The van der Waals surface area contributed by atoms with Gasteiger partial charge in [0.05, 0.1) is 0 Å². The van der Waals surface area contributed by atoms with E-state index in [1.165, 1.54) is 6.42 Å². The first-order chi connectivity index (χ1) is 10.1. The van der Waals surface area contributed by atoms with Gasteiger partial charge in [-0.15, -0.1) is 0 Å². The van der Waals surface area contributed by atoms with Gasteiger partial charge >= 0.3 is 0 Å². The van der Waals surface area contributed by atoms with E-state index in [2.05, 4.69) is 17.1 Å². The Morgan fingerprint density at radius 2 is 2.24 bits per heavy atom. The molecule has 2 atom stereocenters. The van der Waals surface area contributed by atoms with Crippen molar-refractivity contribution in [2.24, 2.45) is 0 Å². The van der Waals surface area contributed by atoms with E-state index in [1.54, 1.807) is 6.07 Å². The number of halogens is 1. The molecule has 1 aromatic rings. The first kappa shape index (κ1) is 16.2. The molecule has 0 saturated carbocycles. The summed E-state index contributed by atoms with van der Waals surface area (Å²) >= 11 is 0. The van der Waals surface area contributed by atoms with Crippen molar-refractivity contribution in [3.05, 3.63) is 29.1 Å². The fourth-order valence-corrected chi connectivity index (χ4v) is 3.21. The largest absolute Gasteiger partial charge is 0.396 e. The van der Waals surface area contributed by atoms with Gasteiger partial charge in [-0.25, -0.2) is 4.39 Å². The van der Waals surface area contributed by atoms with Gasteiger partial charge in [-0.3, -0.25) is 0 Å². The van der Waals surface area contributed by atoms with E-state index in [4.69, 9.17) is 5.11 Å². The lowest BCUT2D eigenvalue weighted by molar-refractivity contribution is 0.279. The summed E-state index contributed by atoms with van der Waals surface area (Å²) in [4.78, 5) is 2.41. The first-order valence-electron chi connectivity index (χ1n) is 7.93. The van der Waals surface area contributed by atoms with Gasteiger partial charge in [-0.05, 0) is 69.8 Å². The standard InChI is InChI=1S/C17H27FN2O/c1-12-10-17(15(11-16(12)18)13(2)19-3)20-8-4-6-14(20)7-5-9-21/h10-11,13-14,19,21H,4-9H2,1-3H3. The van der Waals surface area contributed by atoms with Crippen LogP contribution in [0.5, 0.6) is 0 Å². The highest BCUT2D eigenvalue weighted by Gasteiger charge is 2.27. The maximum absolute atomic E-state index is 14.0. The highest BCUT2D eigenvalue weighted by atomic mass is 19.1. The Kier molecular flexibility index (Phi) is 5.59. The average molecular weight is 294 g/mol. The summed E-state index contributed by atoms with van der Waals surface area (Å²) in [6.45, 7) is 5.15. The number of aliphatic hydroxyl groups is 1. The van der Waals surface area contributed by atoms with Gasteiger partial charge in [0, 0.05) is 30.9 Å². The summed E-state index contributed by atoms with van der Waals surface area (Å²) in [7, 11) is 1.90. The number of hydrogen-bond donors (Lipinski definition) is 2. The number of aliphatic hydroxyl groups excluding tert-OH is 1. The normalized spacial score (nSPS) is 20.0. The second kappa shape index (κ2) is 7.23. The van der Waals surface area contributed by atoms with Crippen molar-refractivity contribution in [2.75, 3.05) is 25.1 Å². The highest BCUT2D eigenvalue weighted by molar-refractivity contribution is 5.58. The van der Waals surface area contributed by atoms with Crippen molar-refractivity contribution in [1.82, 2.24) is 5.32 Å². The SMILES string of the molecule is CNC(C)c1cc(F)c(C)cc1N1CCCC1CCCO. The maximum Gasteiger partial charge on any atom is 0.126 e. The minimum atomic E-state index is -0.137. The lowest BCUT2D eigenvalue weighted by Gasteiger charge is -2.31. The molecule has 1 fully saturated rings. The van der Waals surface area contributed by atoms with Crippen molar-refractivity contribution in [1.29, 1.82) is 0 Å². The third-order valence-corrected chi connectivity index (χ3v) is 4.59. The molecule has 0 radical (unpaired) electrons. The predicted octanol–water partition coefficient (Wildman–Crippen LogP) is 3.16. The van der Waals surface area contributed by atoms with E-state index in [0.717, 1.165) is 37.1 Å². The molecule has 1 aliphatic heterocycles. The number of nitrogens with zero attached hydrogens (tertiary/aromatic N) is 1. The molecule has 1 heterocycles. The smallest absolute Gasteiger partial charge is 0.126 e. The summed E-state index contributed by atoms with van der Waals surface area (Å²) < 4.78 is 14.0. The maximum atomic E-state index is 14.0. The van der Waals surface area contributed by atoms with Crippen LogP contribution in [0.1, 0.15) is 49.8 Å². The topological polar surface area (TPSA) is 35.5 Å². The number of benzene rings is 1. The molecule has 2 N–H and O–H groups in total. The van der Waals surface area contributed by atoms with Crippen molar-refractivity contribution in [2.45, 2.75) is 51.6 Å². The minimum Gasteiger partial charge on any atom is -0.396 e. The Balaban J connectivity index is 2.34. The number of rotatable bonds is 6. The van der Waals surface area contributed by atoms with Crippen LogP contribution >= 0.6 is 0 Å². The van der Waals surface area contributed by atoms with E-state index in [-0.39, 0.29) is 18.5 Å². The Morgan fingerprint density at radius 3 is 2.90 bits per heavy atom. The Labute approximate surface area is 127 Å². The van der Waals surface area contributed by atoms with E-state index >= 15 is 0 Å². The zero-order valence-electron chi connectivity index (χ0n) is 13.3. The second-order valence-corrected chi connectivity index (χ2v) is 6.03. The van der Waals surface area contributed by atoms with Crippen LogP contribution in [-0.4, -0.2) is 31.3 Å². The zero-order chi connectivity index (χ0) is 15.4. The molecule has 0 aromatic heterocycles. The molecular weight excluding hydrogens is 267 g/mol. The quantitative estimate of drug-likeness (QED) is 0.846. The third kappa shape index (κ3) is 3.55. The Morgan fingerprint density at radius 1 is 1.48 bits per heavy atom. The summed E-state index contributed by atoms with van der Waals surface area (Å²) in [6.07, 6.45) is 4.16. The molecule has 118 valence electrons. The van der Waals surface area contributed by atoms with E-state index < -0.39 is 0 Å².